The minimum absolute atomic E-state index is 0.0153. The quantitative estimate of drug-likeness (QED) is 0.173. The summed E-state index contributed by atoms with van der Waals surface area (Å²) in [5.74, 6) is -0.0153. The molecule has 1 amide bonds. The highest BCUT2D eigenvalue weighted by molar-refractivity contribution is 5.91. The maximum atomic E-state index is 11.7. The second-order valence-corrected chi connectivity index (χ2v) is 7.69. The Morgan fingerprint density at radius 1 is 0.833 bits per heavy atom. The Balaban J connectivity index is 3.80. The molecule has 24 heavy (non-hydrogen) atoms. The maximum absolute atomic E-state index is 11.7. The van der Waals surface area contributed by atoms with Crippen molar-refractivity contribution >= 4 is 5.91 Å². The molecule has 0 saturated heterocycles. The lowest BCUT2D eigenvalue weighted by Crippen LogP contribution is -2.52. The second-order valence-electron chi connectivity index (χ2n) is 7.69. The first-order valence-corrected chi connectivity index (χ1v) is 10.2. The summed E-state index contributed by atoms with van der Waals surface area (Å²) in [7, 11) is 2.26. The lowest BCUT2D eigenvalue weighted by molar-refractivity contribution is -0.911. The van der Waals surface area contributed by atoms with Gasteiger partial charge in [0.05, 0.1) is 20.1 Å². The van der Waals surface area contributed by atoms with Crippen molar-refractivity contribution < 1.29 is 9.28 Å². The van der Waals surface area contributed by atoms with Crippen molar-refractivity contribution in [1.29, 1.82) is 0 Å². The molecule has 0 aromatic rings. The Kier molecular flexibility index (Phi) is 14.0. The highest BCUT2D eigenvalue weighted by Crippen LogP contribution is 2.12. The number of carbonyl (C=O) groups is 1. The van der Waals surface area contributed by atoms with Crippen LogP contribution < -0.4 is 5.32 Å². The Morgan fingerprint density at radius 3 is 1.79 bits per heavy atom. The first-order valence-electron chi connectivity index (χ1n) is 10.2. The summed E-state index contributed by atoms with van der Waals surface area (Å²) in [5, 5.41) is 3.03. The van der Waals surface area contributed by atoms with Crippen LogP contribution in [0.2, 0.25) is 0 Å². The molecule has 0 bridgehead atoms. The van der Waals surface area contributed by atoms with Crippen LogP contribution in [0.3, 0.4) is 0 Å². The lowest BCUT2D eigenvalue weighted by atomic mass is 10.1. The van der Waals surface area contributed by atoms with E-state index in [1.165, 1.54) is 64.2 Å². The molecule has 0 aliphatic carbocycles. The maximum Gasteiger partial charge on any atom is 0.250 e. The molecule has 0 aromatic heterocycles. The van der Waals surface area contributed by atoms with Crippen LogP contribution in [0.1, 0.15) is 91.4 Å². The van der Waals surface area contributed by atoms with Gasteiger partial charge in [0.1, 0.15) is 0 Å². The van der Waals surface area contributed by atoms with Crippen LogP contribution in [-0.4, -0.2) is 37.2 Å². The van der Waals surface area contributed by atoms with E-state index in [4.69, 9.17) is 0 Å². The van der Waals surface area contributed by atoms with Crippen LogP contribution in [0.4, 0.5) is 0 Å². The van der Waals surface area contributed by atoms with E-state index in [0.717, 1.165) is 30.7 Å². The first kappa shape index (κ1) is 23.2. The topological polar surface area (TPSA) is 29.1 Å². The molecule has 0 aliphatic rings. The van der Waals surface area contributed by atoms with Gasteiger partial charge in [-0.1, -0.05) is 71.8 Å². The summed E-state index contributed by atoms with van der Waals surface area (Å²) in [6, 6.07) is 0. The van der Waals surface area contributed by atoms with Crippen molar-refractivity contribution in [2.24, 2.45) is 0 Å². The highest BCUT2D eigenvalue weighted by atomic mass is 16.1. The highest BCUT2D eigenvalue weighted by Gasteiger charge is 2.20. The van der Waals surface area contributed by atoms with Gasteiger partial charge in [-0.2, -0.15) is 0 Å². The minimum Gasteiger partial charge on any atom is -0.309 e. The third kappa shape index (κ3) is 12.6. The zero-order valence-electron chi connectivity index (χ0n) is 17.0. The number of hydrogen-bond donors (Lipinski definition) is 1. The van der Waals surface area contributed by atoms with Crippen molar-refractivity contribution in [3.63, 3.8) is 0 Å². The number of hydrogen-bond acceptors (Lipinski definition) is 1. The van der Waals surface area contributed by atoms with Crippen molar-refractivity contribution in [3.05, 3.63) is 12.2 Å². The fraction of sp³-hybridized carbons (Fsp3) is 0.857. The zero-order chi connectivity index (χ0) is 18.3. The van der Waals surface area contributed by atoms with E-state index in [9.17, 15) is 4.79 Å². The van der Waals surface area contributed by atoms with Gasteiger partial charge in [0.2, 0.25) is 0 Å². The number of unbranched alkanes of at least 4 members (excludes halogenated alkanes) is 9. The van der Waals surface area contributed by atoms with Gasteiger partial charge in [0.25, 0.3) is 5.91 Å². The molecule has 1 unspecified atom stereocenters. The van der Waals surface area contributed by atoms with Crippen molar-refractivity contribution in [3.8, 4) is 0 Å². The average molecular weight is 340 g/mol. The van der Waals surface area contributed by atoms with Crippen LogP contribution in [0.25, 0.3) is 0 Å². The smallest absolute Gasteiger partial charge is 0.250 e. The van der Waals surface area contributed by atoms with Gasteiger partial charge in [0, 0.05) is 5.57 Å². The van der Waals surface area contributed by atoms with Gasteiger partial charge in [-0.25, -0.2) is 0 Å². The van der Waals surface area contributed by atoms with Gasteiger partial charge in [0.15, 0.2) is 6.67 Å². The molecule has 3 nitrogen and oxygen atoms in total. The van der Waals surface area contributed by atoms with Crippen LogP contribution in [0.5, 0.6) is 0 Å². The molecule has 0 rings (SSSR count). The largest absolute Gasteiger partial charge is 0.309 e. The predicted molar refractivity (Wildman–Crippen MR) is 106 cm³/mol. The Morgan fingerprint density at radius 2 is 1.33 bits per heavy atom. The molecular formula is C21H43N2O+. The molecule has 0 fully saturated rings. The predicted octanol–water partition coefficient (Wildman–Crippen LogP) is 5.41. The number of quaternary nitrogens is 1. The van der Waals surface area contributed by atoms with Crippen molar-refractivity contribution in [2.45, 2.75) is 91.4 Å². The molecule has 3 heteroatoms. The number of nitrogens with zero attached hydrogens (tertiary/aromatic N) is 1. The molecule has 0 heterocycles. The fourth-order valence-electron chi connectivity index (χ4n) is 3.20. The summed E-state index contributed by atoms with van der Waals surface area (Å²) in [6.45, 7) is 13.0. The lowest BCUT2D eigenvalue weighted by Gasteiger charge is -2.34. The van der Waals surface area contributed by atoms with Crippen LogP contribution in [0, 0.1) is 0 Å². The van der Waals surface area contributed by atoms with Gasteiger partial charge in [-0.3, -0.25) is 4.79 Å². The molecule has 0 radical (unpaired) electrons. The third-order valence-corrected chi connectivity index (χ3v) is 4.82. The summed E-state index contributed by atoms with van der Waals surface area (Å²) in [4.78, 5) is 11.7. The van der Waals surface area contributed by atoms with E-state index < -0.39 is 0 Å². The molecule has 0 aromatic carbocycles. The number of nitrogens with one attached hydrogen (secondary N) is 1. The number of amides is 1. The van der Waals surface area contributed by atoms with E-state index >= 15 is 0 Å². The molecule has 1 N–H and O–H groups in total. The summed E-state index contributed by atoms with van der Waals surface area (Å²) >= 11 is 0. The van der Waals surface area contributed by atoms with Gasteiger partial charge in [-0.05, 0) is 26.2 Å². The third-order valence-electron chi connectivity index (χ3n) is 4.82. The van der Waals surface area contributed by atoms with E-state index in [2.05, 4.69) is 32.8 Å². The molecule has 1 atom stereocenters. The Hall–Kier alpha value is -0.830. The molecule has 142 valence electrons. The van der Waals surface area contributed by atoms with E-state index in [0.29, 0.717) is 5.57 Å². The van der Waals surface area contributed by atoms with Crippen molar-refractivity contribution in [1.82, 2.24) is 5.32 Å². The fourth-order valence-corrected chi connectivity index (χ4v) is 3.20. The molecule has 0 aliphatic heterocycles. The standard InChI is InChI=1S/C21H42N2O/c1-6-8-9-10-11-12-13-14-15-16-18-23(5,17-7-2)19-22-21(24)20(3)4/h3,6-19H2,1-2,4-5H3/p+1. The Labute approximate surface area is 151 Å². The monoisotopic (exact) mass is 339 g/mol. The van der Waals surface area contributed by atoms with E-state index in [1.807, 2.05) is 0 Å². The summed E-state index contributed by atoms with van der Waals surface area (Å²) in [5.41, 5.74) is 0.594. The minimum atomic E-state index is -0.0153. The van der Waals surface area contributed by atoms with Crippen LogP contribution >= 0.6 is 0 Å². The normalized spacial score (nSPS) is 13.5. The van der Waals surface area contributed by atoms with E-state index in [-0.39, 0.29) is 5.91 Å². The average Bonchev–Trinajstić information content (AvgIpc) is 2.54. The van der Waals surface area contributed by atoms with E-state index in [1.54, 1.807) is 6.92 Å². The van der Waals surface area contributed by atoms with Gasteiger partial charge >= 0.3 is 0 Å². The number of carbonyl (C=O) groups excluding carboxylic acids is 1. The van der Waals surface area contributed by atoms with Crippen LogP contribution in [0.15, 0.2) is 12.2 Å². The molecule has 0 saturated carbocycles. The summed E-state index contributed by atoms with van der Waals surface area (Å²) in [6.07, 6.45) is 14.9. The van der Waals surface area contributed by atoms with Crippen molar-refractivity contribution in [2.75, 3.05) is 26.8 Å². The molecule has 0 spiro atoms. The van der Waals surface area contributed by atoms with Crippen LogP contribution in [-0.2, 0) is 4.79 Å². The first-order chi connectivity index (χ1) is 11.4. The SMILES string of the molecule is C=C(C)C(=O)NC[N+](C)(CCC)CCCCCCCCCCCC. The molecular weight excluding hydrogens is 296 g/mol. The zero-order valence-corrected chi connectivity index (χ0v) is 17.0. The van der Waals surface area contributed by atoms with Gasteiger partial charge < -0.3 is 9.80 Å². The summed E-state index contributed by atoms with van der Waals surface area (Å²) < 4.78 is 0.937. The second kappa shape index (κ2) is 14.5. The Bertz CT molecular complexity index is 341. The number of rotatable bonds is 16. The van der Waals surface area contributed by atoms with Gasteiger partial charge in [-0.15, -0.1) is 0 Å².